The first kappa shape index (κ1) is 9.92. The number of rotatable bonds is 7. The van der Waals surface area contributed by atoms with Gasteiger partial charge in [-0.05, 0) is 6.42 Å². The van der Waals surface area contributed by atoms with Gasteiger partial charge in [-0.25, -0.2) is 0 Å². The lowest BCUT2D eigenvalue weighted by molar-refractivity contribution is 0.0896. The molecule has 0 saturated carbocycles. The SMILES string of the molecule is [CH2]CCCCCOCCO. The van der Waals surface area contributed by atoms with Crippen molar-refractivity contribution in [3.05, 3.63) is 6.92 Å². The summed E-state index contributed by atoms with van der Waals surface area (Å²) in [6, 6.07) is 0. The molecule has 0 saturated heterocycles. The Hall–Kier alpha value is -0.0800. The number of ether oxygens (including phenoxy) is 1. The molecule has 1 radical (unpaired) electrons. The third-order valence-electron chi connectivity index (χ3n) is 1.27. The van der Waals surface area contributed by atoms with Gasteiger partial charge in [0.15, 0.2) is 0 Å². The zero-order valence-corrected chi connectivity index (χ0v) is 6.51. The van der Waals surface area contributed by atoms with Crippen LogP contribution >= 0.6 is 0 Å². The molecule has 0 spiro atoms. The summed E-state index contributed by atoms with van der Waals surface area (Å²) < 4.78 is 5.06. The molecule has 1 N–H and O–H groups in total. The van der Waals surface area contributed by atoms with Crippen LogP contribution in [0.2, 0.25) is 0 Å². The molecule has 0 atom stereocenters. The second-order valence-electron chi connectivity index (χ2n) is 2.25. The molecule has 0 bridgehead atoms. The van der Waals surface area contributed by atoms with E-state index in [1.165, 1.54) is 12.8 Å². The van der Waals surface area contributed by atoms with Crippen LogP contribution in [0.3, 0.4) is 0 Å². The molecule has 2 heteroatoms. The number of hydrogen-bond donors (Lipinski definition) is 1. The minimum Gasteiger partial charge on any atom is -0.394 e. The van der Waals surface area contributed by atoms with Crippen LogP contribution in [-0.4, -0.2) is 24.9 Å². The number of aliphatic hydroxyl groups excluding tert-OH is 1. The van der Waals surface area contributed by atoms with Crippen LogP contribution in [0.4, 0.5) is 0 Å². The Kier molecular flexibility index (Phi) is 8.85. The van der Waals surface area contributed by atoms with Gasteiger partial charge < -0.3 is 9.84 Å². The summed E-state index contributed by atoms with van der Waals surface area (Å²) in [6.07, 6.45) is 4.48. The fourth-order valence-electron chi connectivity index (χ4n) is 0.724. The van der Waals surface area contributed by atoms with Crippen molar-refractivity contribution < 1.29 is 9.84 Å². The molecule has 0 aromatic rings. The molecule has 10 heavy (non-hydrogen) atoms. The van der Waals surface area contributed by atoms with Crippen molar-refractivity contribution in [2.45, 2.75) is 25.7 Å². The summed E-state index contributed by atoms with van der Waals surface area (Å²) in [5, 5.41) is 8.33. The topological polar surface area (TPSA) is 29.5 Å². The van der Waals surface area contributed by atoms with Crippen LogP contribution in [0.5, 0.6) is 0 Å². The lowest BCUT2D eigenvalue weighted by Gasteiger charge is -2.00. The summed E-state index contributed by atoms with van der Waals surface area (Å²) >= 11 is 0. The Bertz CT molecular complexity index is 47.2. The van der Waals surface area contributed by atoms with Gasteiger partial charge in [-0.15, -0.1) is 0 Å². The van der Waals surface area contributed by atoms with Gasteiger partial charge in [0.05, 0.1) is 13.2 Å². The Morgan fingerprint density at radius 2 is 1.90 bits per heavy atom. The third-order valence-corrected chi connectivity index (χ3v) is 1.27. The molecule has 0 aromatic carbocycles. The van der Waals surface area contributed by atoms with E-state index in [0.717, 1.165) is 19.4 Å². The molecule has 0 unspecified atom stereocenters. The van der Waals surface area contributed by atoms with Crippen LogP contribution in [0.1, 0.15) is 25.7 Å². The van der Waals surface area contributed by atoms with Crippen molar-refractivity contribution in [2.75, 3.05) is 19.8 Å². The number of unbranched alkanes of at least 4 members (excludes halogenated alkanes) is 3. The normalized spacial score (nSPS) is 10.2. The van der Waals surface area contributed by atoms with E-state index >= 15 is 0 Å². The lowest BCUT2D eigenvalue weighted by Crippen LogP contribution is -2.00. The molecule has 2 nitrogen and oxygen atoms in total. The molecule has 61 valence electrons. The Labute approximate surface area is 63.2 Å². The third kappa shape index (κ3) is 7.92. The first-order valence-corrected chi connectivity index (χ1v) is 3.89. The summed E-state index contributed by atoms with van der Waals surface area (Å²) in [6.45, 7) is 5.13. The standard InChI is InChI=1S/C8H17O2/c1-2-3-4-5-7-10-8-6-9/h9H,1-8H2. The average molecular weight is 145 g/mol. The molecule has 0 aromatic heterocycles. The van der Waals surface area contributed by atoms with E-state index in [1.54, 1.807) is 0 Å². The maximum absolute atomic E-state index is 8.33. The predicted molar refractivity (Wildman–Crippen MR) is 41.7 cm³/mol. The van der Waals surface area contributed by atoms with Crippen LogP contribution in [-0.2, 0) is 4.74 Å². The first-order valence-electron chi connectivity index (χ1n) is 3.89. The van der Waals surface area contributed by atoms with Crippen molar-refractivity contribution >= 4 is 0 Å². The lowest BCUT2D eigenvalue weighted by atomic mass is 10.2. The van der Waals surface area contributed by atoms with Crippen LogP contribution in [0.15, 0.2) is 0 Å². The van der Waals surface area contributed by atoms with E-state index in [4.69, 9.17) is 9.84 Å². The molecule has 0 heterocycles. The maximum Gasteiger partial charge on any atom is 0.0697 e. The van der Waals surface area contributed by atoms with Crippen molar-refractivity contribution in [3.8, 4) is 0 Å². The van der Waals surface area contributed by atoms with Gasteiger partial charge in [0.1, 0.15) is 0 Å². The van der Waals surface area contributed by atoms with Crippen molar-refractivity contribution in [3.63, 3.8) is 0 Å². The van der Waals surface area contributed by atoms with Crippen molar-refractivity contribution in [1.82, 2.24) is 0 Å². The van der Waals surface area contributed by atoms with Gasteiger partial charge in [-0.1, -0.05) is 26.2 Å². The average Bonchev–Trinajstić information content (AvgIpc) is 1.97. The van der Waals surface area contributed by atoms with Gasteiger partial charge >= 0.3 is 0 Å². The van der Waals surface area contributed by atoms with Gasteiger partial charge in [-0.3, -0.25) is 0 Å². The first-order chi connectivity index (χ1) is 4.91. The molecule has 0 rings (SSSR count). The molecule has 0 aliphatic heterocycles. The number of aliphatic hydroxyl groups is 1. The highest BCUT2D eigenvalue weighted by atomic mass is 16.5. The van der Waals surface area contributed by atoms with E-state index in [1.807, 2.05) is 0 Å². The van der Waals surface area contributed by atoms with Crippen LogP contribution in [0, 0.1) is 6.92 Å². The summed E-state index contributed by atoms with van der Waals surface area (Å²) in [4.78, 5) is 0. The highest BCUT2D eigenvalue weighted by Crippen LogP contribution is 1.97. The molecule has 0 fully saturated rings. The van der Waals surface area contributed by atoms with E-state index in [9.17, 15) is 0 Å². The van der Waals surface area contributed by atoms with Gasteiger partial charge in [0.2, 0.25) is 0 Å². The largest absolute Gasteiger partial charge is 0.394 e. The van der Waals surface area contributed by atoms with E-state index in [-0.39, 0.29) is 6.61 Å². The fraction of sp³-hybridized carbons (Fsp3) is 0.875. The summed E-state index contributed by atoms with van der Waals surface area (Å²) in [5.74, 6) is 0. The maximum atomic E-state index is 8.33. The highest BCUT2D eigenvalue weighted by Gasteiger charge is 1.87. The van der Waals surface area contributed by atoms with Crippen LogP contribution in [0.25, 0.3) is 0 Å². The van der Waals surface area contributed by atoms with Crippen molar-refractivity contribution in [2.24, 2.45) is 0 Å². The fourth-order valence-corrected chi connectivity index (χ4v) is 0.724. The van der Waals surface area contributed by atoms with Gasteiger partial charge in [0.25, 0.3) is 0 Å². The molecule has 0 amide bonds. The van der Waals surface area contributed by atoms with Crippen LogP contribution < -0.4 is 0 Å². The zero-order valence-electron chi connectivity index (χ0n) is 6.51. The predicted octanol–water partition coefficient (Wildman–Crippen LogP) is 1.39. The van der Waals surface area contributed by atoms with E-state index in [0.29, 0.717) is 6.61 Å². The smallest absolute Gasteiger partial charge is 0.0697 e. The Morgan fingerprint density at radius 3 is 2.50 bits per heavy atom. The highest BCUT2D eigenvalue weighted by molar-refractivity contribution is 4.43. The van der Waals surface area contributed by atoms with E-state index in [2.05, 4.69) is 6.92 Å². The molecular formula is C8H17O2. The second kappa shape index (κ2) is 8.92. The Morgan fingerprint density at radius 1 is 1.10 bits per heavy atom. The molecule has 0 aliphatic rings. The molecular weight excluding hydrogens is 128 g/mol. The quantitative estimate of drug-likeness (QED) is 0.548. The second-order valence-corrected chi connectivity index (χ2v) is 2.25. The molecule has 0 aliphatic carbocycles. The zero-order chi connectivity index (χ0) is 7.66. The van der Waals surface area contributed by atoms with E-state index < -0.39 is 0 Å². The number of hydrogen-bond acceptors (Lipinski definition) is 2. The Balaban J connectivity index is 2.65. The summed E-state index contributed by atoms with van der Waals surface area (Å²) in [5.41, 5.74) is 0. The monoisotopic (exact) mass is 145 g/mol. The van der Waals surface area contributed by atoms with Gasteiger partial charge in [-0.2, -0.15) is 0 Å². The minimum absolute atomic E-state index is 0.134. The minimum atomic E-state index is 0.134. The summed E-state index contributed by atoms with van der Waals surface area (Å²) in [7, 11) is 0. The van der Waals surface area contributed by atoms with Gasteiger partial charge in [0, 0.05) is 6.61 Å². The van der Waals surface area contributed by atoms with Crippen molar-refractivity contribution in [1.29, 1.82) is 0 Å².